The average molecular weight is 193 g/mol. The van der Waals surface area contributed by atoms with Gasteiger partial charge in [0, 0.05) is 0 Å². The predicted octanol–water partition coefficient (Wildman–Crippen LogP) is 0.745. The van der Waals surface area contributed by atoms with Gasteiger partial charge in [0.15, 0.2) is 5.96 Å². The van der Waals surface area contributed by atoms with Crippen molar-refractivity contribution in [2.75, 3.05) is 0 Å². The van der Waals surface area contributed by atoms with Crippen molar-refractivity contribution in [3.05, 3.63) is 0 Å². The van der Waals surface area contributed by atoms with Gasteiger partial charge in [0.05, 0.1) is 11.0 Å². The summed E-state index contributed by atoms with van der Waals surface area (Å²) in [4.78, 5) is 3.81. The van der Waals surface area contributed by atoms with Gasteiger partial charge in [-0.05, 0) is 19.3 Å². The van der Waals surface area contributed by atoms with Crippen LogP contribution in [0.25, 0.3) is 0 Å². The van der Waals surface area contributed by atoms with Crippen molar-refractivity contribution < 1.29 is 13.2 Å². The van der Waals surface area contributed by atoms with E-state index >= 15 is 0 Å². The first-order valence-corrected chi connectivity index (χ1v) is 3.96. The minimum Gasteiger partial charge on any atom is -0.370 e. The van der Waals surface area contributed by atoms with E-state index in [-0.39, 0.29) is 25.2 Å². The molecule has 0 amide bonds. The lowest BCUT2D eigenvalue weighted by molar-refractivity contribution is -0.331. The van der Waals surface area contributed by atoms with Crippen molar-refractivity contribution in [2.45, 2.75) is 31.0 Å². The fourth-order valence-corrected chi connectivity index (χ4v) is 2.43. The largest absolute Gasteiger partial charge is 0.394 e. The fourth-order valence-electron chi connectivity index (χ4n) is 2.43. The van der Waals surface area contributed by atoms with Gasteiger partial charge in [-0.25, -0.2) is 4.99 Å². The maximum atomic E-state index is 12.3. The molecule has 3 saturated carbocycles. The molecular weight excluding hydrogens is 183 g/mol. The van der Waals surface area contributed by atoms with E-state index < -0.39 is 17.1 Å². The maximum absolute atomic E-state index is 12.3. The van der Waals surface area contributed by atoms with E-state index in [1.165, 1.54) is 0 Å². The molecule has 0 aromatic rings. The first-order valence-electron chi connectivity index (χ1n) is 3.96. The van der Waals surface area contributed by atoms with Crippen LogP contribution < -0.4 is 11.5 Å². The molecule has 3 aliphatic carbocycles. The first kappa shape index (κ1) is 8.65. The fraction of sp³-hybridized carbons (Fsp3) is 0.857. The van der Waals surface area contributed by atoms with E-state index in [1.807, 2.05) is 0 Å². The third-order valence-electron chi connectivity index (χ3n) is 2.97. The zero-order chi connectivity index (χ0) is 9.91. The van der Waals surface area contributed by atoms with Gasteiger partial charge in [-0.1, -0.05) is 0 Å². The molecule has 0 unspecified atom stereocenters. The number of hydrogen-bond acceptors (Lipinski definition) is 1. The van der Waals surface area contributed by atoms with Crippen LogP contribution in [0.5, 0.6) is 0 Å². The Morgan fingerprint density at radius 1 is 1.15 bits per heavy atom. The Bertz CT molecular complexity index is 257. The first-order chi connectivity index (χ1) is 5.79. The maximum Gasteiger partial charge on any atom is 0.394 e. The monoisotopic (exact) mass is 193 g/mol. The lowest BCUT2D eigenvalue weighted by Gasteiger charge is -2.68. The van der Waals surface area contributed by atoms with Gasteiger partial charge in [-0.15, -0.1) is 0 Å². The highest BCUT2D eigenvalue weighted by molar-refractivity contribution is 5.76. The summed E-state index contributed by atoms with van der Waals surface area (Å²) in [5, 5.41) is 0. The molecule has 13 heavy (non-hydrogen) atoms. The summed E-state index contributed by atoms with van der Waals surface area (Å²) in [5.41, 5.74) is 8.18. The molecular formula is C7H10F3N3. The molecule has 0 radical (unpaired) electrons. The summed E-state index contributed by atoms with van der Waals surface area (Å²) < 4.78 is 37.0. The Balaban J connectivity index is 2.05. The summed E-state index contributed by atoms with van der Waals surface area (Å²) >= 11 is 0. The molecule has 0 heterocycles. The lowest BCUT2D eigenvalue weighted by Crippen LogP contribution is -2.72. The highest BCUT2D eigenvalue weighted by Gasteiger charge is 2.79. The zero-order valence-electron chi connectivity index (χ0n) is 6.86. The van der Waals surface area contributed by atoms with Crippen LogP contribution in [0.2, 0.25) is 0 Å². The summed E-state index contributed by atoms with van der Waals surface area (Å²) in [6.07, 6.45) is -3.92. The Morgan fingerprint density at radius 3 is 1.92 bits per heavy atom. The molecule has 3 rings (SSSR count). The predicted molar refractivity (Wildman–Crippen MR) is 40.9 cm³/mol. The topological polar surface area (TPSA) is 64.4 Å². The molecule has 3 aliphatic rings. The van der Waals surface area contributed by atoms with Crippen molar-refractivity contribution in [1.82, 2.24) is 0 Å². The highest BCUT2D eigenvalue weighted by atomic mass is 19.4. The van der Waals surface area contributed by atoms with E-state index in [1.54, 1.807) is 0 Å². The number of aliphatic imine (C=N–C) groups is 1. The number of hydrogen-bond donors (Lipinski definition) is 2. The number of nitrogens with two attached hydrogens (primary N) is 2. The molecule has 0 aromatic heterocycles. The van der Waals surface area contributed by atoms with Crippen molar-refractivity contribution >= 4 is 5.96 Å². The summed E-state index contributed by atoms with van der Waals surface area (Å²) in [5.74, 6) is -0.115. The SMILES string of the molecule is NC(N)=NC12CC(C(F)(F)F)(C1)C2. The van der Waals surface area contributed by atoms with Gasteiger partial charge >= 0.3 is 6.18 Å². The van der Waals surface area contributed by atoms with Gasteiger partial charge in [0.2, 0.25) is 0 Å². The van der Waals surface area contributed by atoms with E-state index in [4.69, 9.17) is 11.5 Å². The summed E-state index contributed by atoms with van der Waals surface area (Å²) in [7, 11) is 0. The quantitative estimate of drug-likeness (QED) is 0.476. The number of nitrogens with zero attached hydrogens (tertiary/aromatic N) is 1. The Hall–Kier alpha value is -0.940. The molecule has 6 heteroatoms. The van der Waals surface area contributed by atoms with Crippen LogP contribution in [-0.2, 0) is 0 Å². The number of alkyl halides is 3. The second kappa shape index (κ2) is 1.93. The minimum absolute atomic E-state index is 0.0569. The van der Waals surface area contributed by atoms with Gasteiger partial charge < -0.3 is 11.5 Å². The van der Waals surface area contributed by atoms with Crippen molar-refractivity contribution in [1.29, 1.82) is 0 Å². The van der Waals surface area contributed by atoms with E-state index in [2.05, 4.69) is 4.99 Å². The normalized spacial score (nSPS) is 41.8. The Kier molecular flexibility index (Phi) is 1.29. The number of halogens is 3. The standard InChI is InChI=1S/C7H10F3N3/c8-7(9,10)5-1-6(2-5,3-5)13-4(11)12/h1-3H2,(H4,11,12,13). The van der Waals surface area contributed by atoms with Gasteiger partial charge in [-0.2, -0.15) is 13.2 Å². The Morgan fingerprint density at radius 2 is 1.62 bits per heavy atom. The summed E-state index contributed by atoms with van der Waals surface area (Å²) in [6, 6.07) is 0. The third-order valence-corrected chi connectivity index (χ3v) is 2.97. The van der Waals surface area contributed by atoms with E-state index in [0.717, 1.165) is 0 Å². The zero-order valence-corrected chi connectivity index (χ0v) is 6.86. The number of rotatable bonds is 1. The minimum atomic E-state index is -4.09. The molecule has 0 spiro atoms. The third kappa shape index (κ3) is 0.941. The van der Waals surface area contributed by atoms with Crippen LogP contribution in [0.15, 0.2) is 4.99 Å². The van der Waals surface area contributed by atoms with E-state index in [9.17, 15) is 13.2 Å². The molecule has 3 nitrogen and oxygen atoms in total. The van der Waals surface area contributed by atoms with Gasteiger partial charge in [0.1, 0.15) is 0 Å². The van der Waals surface area contributed by atoms with Crippen molar-refractivity contribution in [3.63, 3.8) is 0 Å². The van der Waals surface area contributed by atoms with Crippen LogP contribution in [0.4, 0.5) is 13.2 Å². The van der Waals surface area contributed by atoms with Crippen LogP contribution in [0, 0.1) is 5.41 Å². The molecule has 0 atom stereocenters. The number of guanidine groups is 1. The van der Waals surface area contributed by atoms with Crippen LogP contribution in [-0.4, -0.2) is 17.7 Å². The summed E-state index contributed by atoms with van der Waals surface area (Å²) in [6.45, 7) is 0. The molecule has 2 bridgehead atoms. The average Bonchev–Trinajstić information content (AvgIpc) is 1.70. The molecule has 0 saturated heterocycles. The van der Waals surface area contributed by atoms with Crippen LogP contribution >= 0.6 is 0 Å². The second-order valence-corrected chi connectivity index (χ2v) is 4.07. The lowest BCUT2D eigenvalue weighted by atomic mass is 9.39. The van der Waals surface area contributed by atoms with Crippen LogP contribution in [0.1, 0.15) is 19.3 Å². The van der Waals surface area contributed by atoms with Gasteiger partial charge in [-0.3, -0.25) is 0 Å². The second-order valence-electron chi connectivity index (χ2n) is 4.07. The molecule has 0 aliphatic heterocycles. The van der Waals surface area contributed by atoms with E-state index in [0.29, 0.717) is 0 Å². The molecule has 0 aromatic carbocycles. The smallest absolute Gasteiger partial charge is 0.370 e. The van der Waals surface area contributed by atoms with Crippen molar-refractivity contribution in [3.8, 4) is 0 Å². The highest BCUT2D eigenvalue weighted by Crippen LogP contribution is 2.74. The molecule has 74 valence electrons. The van der Waals surface area contributed by atoms with Gasteiger partial charge in [0.25, 0.3) is 0 Å². The van der Waals surface area contributed by atoms with Crippen molar-refractivity contribution in [2.24, 2.45) is 21.9 Å². The molecule has 3 fully saturated rings. The Labute approximate surface area is 73.0 Å². The van der Waals surface area contributed by atoms with Crippen LogP contribution in [0.3, 0.4) is 0 Å². The molecule has 4 N–H and O–H groups in total.